The highest BCUT2D eigenvalue weighted by Gasteiger charge is 2.39. The highest BCUT2D eigenvalue weighted by molar-refractivity contribution is 7.98. The normalized spacial score (nSPS) is 38.5. The Morgan fingerprint density at radius 2 is 1.94 bits per heavy atom. The van der Waals surface area contributed by atoms with Gasteiger partial charge >= 0.3 is 0 Å². The molecule has 0 aromatic rings. The fourth-order valence-electron chi connectivity index (χ4n) is 2.24. The Kier molecular flexibility index (Phi) is 3.96. The van der Waals surface area contributed by atoms with E-state index in [1.807, 2.05) is 0 Å². The standard InChI is InChI=1S/C9H16N2O4S3/c12-17(13)3-1-7(5-17)10-9(16)11-8-2-4-18(14,15)6-8/h7-8H,1-6H2,(H2-,10,11,12,13,16)/p+1/t7-,8+/m1/s1. The maximum absolute atomic E-state index is 11.4. The summed E-state index contributed by atoms with van der Waals surface area (Å²) in [6.07, 6.45) is 1.17. The largest absolute Gasteiger partial charge is 0.359 e. The summed E-state index contributed by atoms with van der Waals surface area (Å²) in [6, 6.07) is -0.240. The summed E-state index contributed by atoms with van der Waals surface area (Å²) in [4.78, 5) is 0. The highest BCUT2D eigenvalue weighted by Crippen LogP contribution is 2.16. The zero-order valence-electron chi connectivity index (χ0n) is 9.79. The summed E-state index contributed by atoms with van der Waals surface area (Å²) < 4.78 is 43.3. The van der Waals surface area contributed by atoms with Crippen LogP contribution in [-0.2, 0) is 24.3 Å². The van der Waals surface area contributed by atoms with Crippen LogP contribution in [-0.4, -0.2) is 53.2 Å². The Balaban J connectivity index is 1.78. The first-order valence-electron chi connectivity index (χ1n) is 5.75. The van der Waals surface area contributed by atoms with Gasteiger partial charge < -0.3 is 10.6 Å². The van der Waals surface area contributed by atoms with E-state index in [1.165, 1.54) is 0 Å². The smallest absolute Gasteiger partial charge is 0.216 e. The summed E-state index contributed by atoms with van der Waals surface area (Å²) in [7, 11) is -5.61. The molecule has 1 unspecified atom stereocenters. The molecule has 9 heteroatoms. The van der Waals surface area contributed by atoms with Crippen LogP contribution in [0.4, 0.5) is 0 Å². The van der Waals surface area contributed by atoms with Crippen molar-refractivity contribution in [1.82, 2.24) is 10.6 Å². The first-order valence-corrected chi connectivity index (χ1v) is 9.83. The lowest BCUT2D eigenvalue weighted by molar-refractivity contribution is 0.502. The fourth-order valence-corrected chi connectivity index (χ4v) is 5.95. The molecule has 0 bridgehead atoms. The van der Waals surface area contributed by atoms with Crippen LogP contribution in [0.15, 0.2) is 0 Å². The van der Waals surface area contributed by atoms with E-state index in [0.717, 1.165) is 0 Å². The Labute approximate surface area is 113 Å². The second-order valence-electron chi connectivity index (χ2n) is 4.85. The molecule has 3 N–H and O–H groups in total. The van der Waals surface area contributed by atoms with E-state index in [2.05, 4.69) is 10.6 Å². The second kappa shape index (κ2) is 5.03. The van der Waals surface area contributed by atoms with Crippen molar-refractivity contribution >= 4 is 37.4 Å². The maximum atomic E-state index is 11.4. The monoisotopic (exact) mass is 313 g/mol. The van der Waals surface area contributed by atoms with Crippen LogP contribution in [0.5, 0.6) is 0 Å². The van der Waals surface area contributed by atoms with Gasteiger partial charge in [0, 0.05) is 12.5 Å². The zero-order chi connectivity index (χ0) is 13.4. The molecule has 0 saturated carbocycles. The van der Waals surface area contributed by atoms with Crippen molar-refractivity contribution in [3.8, 4) is 0 Å². The molecular weight excluding hydrogens is 296 g/mol. The van der Waals surface area contributed by atoms with Crippen molar-refractivity contribution in [2.24, 2.45) is 0 Å². The molecule has 2 rings (SSSR count). The Bertz CT molecular complexity index is 490. The van der Waals surface area contributed by atoms with Gasteiger partial charge in [-0.3, -0.25) is 0 Å². The van der Waals surface area contributed by atoms with Crippen molar-refractivity contribution in [2.45, 2.75) is 24.9 Å². The lowest BCUT2D eigenvalue weighted by atomic mass is 10.2. The third-order valence-electron chi connectivity index (χ3n) is 3.15. The molecule has 0 aromatic heterocycles. The van der Waals surface area contributed by atoms with Crippen molar-refractivity contribution in [3.63, 3.8) is 0 Å². The first-order chi connectivity index (χ1) is 8.26. The van der Waals surface area contributed by atoms with Crippen LogP contribution in [0.1, 0.15) is 12.8 Å². The lowest BCUT2D eigenvalue weighted by Gasteiger charge is -2.17. The van der Waals surface area contributed by atoms with E-state index in [1.54, 1.807) is 0 Å². The van der Waals surface area contributed by atoms with Gasteiger partial charge in [-0.05, 0) is 18.6 Å². The number of hydrogen-bond acceptors (Lipinski definition) is 4. The molecule has 0 aliphatic carbocycles. The maximum Gasteiger partial charge on any atom is 0.216 e. The number of thiocarbonyl (C=S) groups is 1. The van der Waals surface area contributed by atoms with Crippen LogP contribution in [0.3, 0.4) is 0 Å². The van der Waals surface area contributed by atoms with Crippen LogP contribution in [0.25, 0.3) is 0 Å². The van der Waals surface area contributed by atoms with Crippen LogP contribution >= 0.6 is 12.2 Å². The Hall–Kier alpha value is -0.250. The third kappa shape index (κ3) is 3.87. The molecule has 0 radical (unpaired) electrons. The van der Waals surface area contributed by atoms with Crippen molar-refractivity contribution in [2.75, 3.05) is 23.0 Å². The Morgan fingerprint density at radius 3 is 2.44 bits per heavy atom. The SMILES string of the molecule is O=S1(=O)CC[C@H](NC(=S)N[C@@H]2CC[S+](=O)(O)C2)C1. The van der Waals surface area contributed by atoms with Gasteiger partial charge in [-0.25, -0.2) is 8.42 Å². The number of nitrogens with one attached hydrogen (secondary N) is 2. The number of sulfone groups is 1. The minimum atomic E-state index is -2.92. The quantitative estimate of drug-likeness (QED) is 0.462. The summed E-state index contributed by atoms with van der Waals surface area (Å²) in [5.74, 6) is 0.806. The van der Waals surface area contributed by atoms with E-state index >= 15 is 0 Å². The van der Waals surface area contributed by atoms with E-state index in [9.17, 15) is 17.2 Å². The molecule has 18 heavy (non-hydrogen) atoms. The number of rotatable bonds is 2. The predicted octanol–water partition coefficient (Wildman–Crippen LogP) is -0.618. The lowest BCUT2D eigenvalue weighted by Crippen LogP contribution is -2.47. The van der Waals surface area contributed by atoms with Gasteiger partial charge in [-0.1, -0.05) is 4.21 Å². The summed E-state index contributed by atoms with van der Waals surface area (Å²) >= 11 is 5.09. The first kappa shape index (κ1) is 14.2. The van der Waals surface area contributed by atoms with Gasteiger partial charge in [0.05, 0.1) is 17.5 Å². The molecule has 0 spiro atoms. The van der Waals surface area contributed by atoms with Crippen molar-refractivity contribution in [3.05, 3.63) is 0 Å². The van der Waals surface area contributed by atoms with Crippen LogP contribution in [0.2, 0.25) is 0 Å². The molecule has 6 nitrogen and oxygen atoms in total. The minimum absolute atomic E-state index is 0.0967. The molecular formula is C9H17N2O4S3+. The van der Waals surface area contributed by atoms with Crippen LogP contribution < -0.4 is 10.6 Å². The van der Waals surface area contributed by atoms with E-state index < -0.39 is 20.1 Å². The topological polar surface area (TPSA) is 95.5 Å². The molecule has 3 atom stereocenters. The van der Waals surface area contributed by atoms with Gasteiger partial charge in [0.2, 0.25) is 10.2 Å². The molecule has 104 valence electrons. The van der Waals surface area contributed by atoms with Gasteiger partial charge in [-0.2, -0.15) is 4.55 Å². The van der Waals surface area contributed by atoms with E-state index in [4.69, 9.17) is 12.2 Å². The van der Waals surface area contributed by atoms with Crippen LogP contribution in [0, 0.1) is 0 Å². The third-order valence-corrected chi connectivity index (χ3v) is 6.95. The summed E-state index contributed by atoms with van der Waals surface area (Å²) in [5.41, 5.74) is 0. The minimum Gasteiger partial charge on any atom is -0.359 e. The molecule has 2 heterocycles. The predicted molar refractivity (Wildman–Crippen MR) is 74.7 cm³/mol. The second-order valence-corrected chi connectivity index (χ2v) is 9.77. The molecule has 0 amide bonds. The number of hydrogen-bond donors (Lipinski definition) is 3. The molecule has 2 fully saturated rings. The summed E-state index contributed by atoms with van der Waals surface area (Å²) in [6.45, 7) is 0. The highest BCUT2D eigenvalue weighted by atomic mass is 32.3. The van der Waals surface area contributed by atoms with Gasteiger partial charge in [0.1, 0.15) is 5.75 Å². The van der Waals surface area contributed by atoms with Gasteiger partial charge in [0.15, 0.2) is 20.7 Å². The molecule has 2 aliphatic heterocycles. The van der Waals surface area contributed by atoms with Gasteiger partial charge in [-0.15, -0.1) is 0 Å². The average Bonchev–Trinajstić information content (AvgIpc) is 2.69. The molecule has 2 saturated heterocycles. The Morgan fingerprint density at radius 1 is 1.28 bits per heavy atom. The summed E-state index contributed by atoms with van der Waals surface area (Å²) in [5, 5.41) is 6.30. The average molecular weight is 313 g/mol. The van der Waals surface area contributed by atoms with E-state index in [0.29, 0.717) is 23.7 Å². The molecule has 0 aromatic carbocycles. The fraction of sp³-hybridized carbons (Fsp3) is 0.889. The van der Waals surface area contributed by atoms with Gasteiger partial charge in [0.25, 0.3) is 0 Å². The van der Waals surface area contributed by atoms with Crippen molar-refractivity contribution < 1.29 is 17.2 Å². The van der Waals surface area contributed by atoms with E-state index in [-0.39, 0.29) is 29.3 Å². The molecule has 2 aliphatic rings. The zero-order valence-corrected chi connectivity index (χ0v) is 12.2. The van der Waals surface area contributed by atoms with Crippen molar-refractivity contribution in [1.29, 1.82) is 0 Å².